The SMILES string of the molecule is CCCCN1C(=O)CO/C1=N\c1ccccc1C(=O)OCC. The average Bonchev–Trinajstić information content (AvgIpc) is 2.86. The number of carbonyl (C=O) groups is 2. The maximum Gasteiger partial charge on any atom is 0.340 e. The number of rotatable bonds is 6. The monoisotopic (exact) mass is 304 g/mol. The van der Waals surface area contributed by atoms with E-state index in [9.17, 15) is 9.59 Å². The number of benzene rings is 1. The number of aliphatic imine (C=N–C) groups is 1. The lowest BCUT2D eigenvalue weighted by molar-refractivity contribution is -0.125. The minimum absolute atomic E-state index is 0.00980. The number of ether oxygens (including phenoxy) is 2. The molecule has 1 saturated heterocycles. The minimum atomic E-state index is -0.438. The molecule has 0 saturated carbocycles. The molecule has 1 aromatic carbocycles. The number of hydrogen-bond donors (Lipinski definition) is 0. The molecule has 0 N–H and O–H groups in total. The van der Waals surface area contributed by atoms with E-state index in [0.29, 0.717) is 24.4 Å². The normalized spacial score (nSPS) is 16.0. The number of nitrogens with zero attached hydrogens (tertiary/aromatic N) is 2. The Hall–Kier alpha value is -2.37. The number of unbranched alkanes of at least 4 members (excludes halogenated alkanes) is 1. The molecule has 6 heteroatoms. The van der Waals surface area contributed by atoms with E-state index in [0.717, 1.165) is 12.8 Å². The Morgan fingerprint density at radius 3 is 2.86 bits per heavy atom. The van der Waals surface area contributed by atoms with Gasteiger partial charge >= 0.3 is 5.97 Å². The number of amidine groups is 1. The van der Waals surface area contributed by atoms with Gasteiger partial charge in [-0.05, 0) is 25.5 Å². The molecule has 0 atom stereocenters. The lowest BCUT2D eigenvalue weighted by Crippen LogP contribution is -2.31. The van der Waals surface area contributed by atoms with E-state index < -0.39 is 5.97 Å². The second kappa shape index (κ2) is 7.59. The van der Waals surface area contributed by atoms with Gasteiger partial charge in [0.2, 0.25) is 0 Å². The lowest BCUT2D eigenvalue weighted by Gasteiger charge is -2.13. The van der Waals surface area contributed by atoms with Gasteiger partial charge in [-0.15, -0.1) is 0 Å². The van der Waals surface area contributed by atoms with Gasteiger partial charge in [0.1, 0.15) is 0 Å². The van der Waals surface area contributed by atoms with Crippen molar-refractivity contribution in [2.45, 2.75) is 26.7 Å². The van der Waals surface area contributed by atoms with Crippen molar-refractivity contribution in [2.75, 3.05) is 19.8 Å². The van der Waals surface area contributed by atoms with Crippen LogP contribution in [0.4, 0.5) is 5.69 Å². The zero-order chi connectivity index (χ0) is 15.9. The van der Waals surface area contributed by atoms with Gasteiger partial charge in [0.25, 0.3) is 11.9 Å². The molecule has 0 bridgehead atoms. The predicted octanol–water partition coefficient (Wildman–Crippen LogP) is 2.51. The van der Waals surface area contributed by atoms with Crippen molar-refractivity contribution >= 4 is 23.6 Å². The van der Waals surface area contributed by atoms with Gasteiger partial charge in [-0.1, -0.05) is 25.5 Å². The third kappa shape index (κ3) is 3.63. The average molecular weight is 304 g/mol. The van der Waals surface area contributed by atoms with Gasteiger partial charge in [0, 0.05) is 6.54 Å². The van der Waals surface area contributed by atoms with E-state index in [1.807, 2.05) is 6.92 Å². The van der Waals surface area contributed by atoms with Gasteiger partial charge in [0.15, 0.2) is 6.61 Å². The van der Waals surface area contributed by atoms with Crippen molar-refractivity contribution in [2.24, 2.45) is 4.99 Å². The summed E-state index contributed by atoms with van der Waals surface area (Å²) in [5, 5.41) is 0. The van der Waals surface area contributed by atoms with Crippen LogP contribution >= 0.6 is 0 Å². The molecule has 1 aliphatic rings. The Labute approximate surface area is 129 Å². The third-order valence-corrected chi connectivity index (χ3v) is 3.21. The molecule has 1 aromatic rings. The van der Waals surface area contributed by atoms with Crippen molar-refractivity contribution in [3.8, 4) is 0 Å². The van der Waals surface area contributed by atoms with E-state index in [2.05, 4.69) is 4.99 Å². The number of para-hydroxylation sites is 1. The Morgan fingerprint density at radius 1 is 1.36 bits per heavy atom. The molecule has 6 nitrogen and oxygen atoms in total. The first kappa shape index (κ1) is 16.0. The third-order valence-electron chi connectivity index (χ3n) is 3.21. The fourth-order valence-corrected chi connectivity index (χ4v) is 2.07. The summed E-state index contributed by atoms with van der Waals surface area (Å²) in [6.07, 6.45) is 1.84. The Bertz CT molecular complexity index is 583. The van der Waals surface area contributed by atoms with E-state index in [1.54, 1.807) is 31.2 Å². The fraction of sp³-hybridized carbons (Fsp3) is 0.438. The molecular formula is C16H20N2O4. The van der Waals surface area contributed by atoms with Gasteiger partial charge in [-0.3, -0.25) is 9.69 Å². The Kier molecular flexibility index (Phi) is 5.52. The highest BCUT2D eigenvalue weighted by Gasteiger charge is 2.29. The predicted molar refractivity (Wildman–Crippen MR) is 82.1 cm³/mol. The summed E-state index contributed by atoms with van der Waals surface area (Å²) in [6, 6.07) is 7.10. The minimum Gasteiger partial charge on any atom is -0.462 e. The van der Waals surface area contributed by atoms with Crippen molar-refractivity contribution in [3.63, 3.8) is 0 Å². The van der Waals surface area contributed by atoms with Crippen molar-refractivity contribution in [3.05, 3.63) is 29.8 Å². The van der Waals surface area contributed by atoms with Crippen LogP contribution in [0.1, 0.15) is 37.0 Å². The van der Waals surface area contributed by atoms with Gasteiger partial charge in [-0.2, -0.15) is 4.99 Å². The van der Waals surface area contributed by atoms with Crippen LogP contribution in [-0.2, 0) is 14.3 Å². The van der Waals surface area contributed by atoms with E-state index >= 15 is 0 Å². The van der Waals surface area contributed by atoms with Crippen LogP contribution in [-0.4, -0.2) is 42.6 Å². The van der Waals surface area contributed by atoms with Crippen molar-refractivity contribution in [1.82, 2.24) is 4.90 Å². The van der Waals surface area contributed by atoms with E-state index in [4.69, 9.17) is 9.47 Å². The molecule has 0 radical (unpaired) electrons. The molecule has 0 spiro atoms. The highest BCUT2D eigenvalue weighted by atomic mass is 16.5. The molecule has 22 heavy (non-hydrogen) atoms. The zero-order valence-corrected chi connectivity index (χ0v) is 12.9. The van der Waals surface area contributed by atoms with E-state index in [1.165, 1.54) is 4.90 Å². The van der Waals surface area contributed by atoms with Crippen LogP contribution in [0.3, 0.4) is 0 Å². The largest absolute Gasteiger partial charge is 0.462 e. The summed E-state index contributed by atoms with van der Waals surface area (Å²) in [7, 11) is 0. The van der Waals surface area contributed by atoms with Crippen LogP contribution < -0.4 is 0 Å². The summed E-state index contributed by atoms with van der Waals surface area (Å²) in [6.45, 7) is 4.65. The number of amides is 1. The number of hydrogen-bond acceptors (Lipinski definition) is 5. The highest BCUT2D eigenvalue weighted by molar-refractivity contribution is 6.02. The topological polar surface area (TPSA) is 68.2 Å². The zero-order valence-electron chi connectivity index (χ0n) is 12.9. The number of carbonyl (C=O) groups excluding carboxylic acids is 2. The lowest BCUT2D eigenvalue weighted by atomic mass is 10.2. The summed E-state index contributed by atoms with van der Waals surface area (Å²) in [5.74, 6) is -0.548. The van der Waals surface area contributed by atoms with Crippen LogP contribution in [0.2, 0.25) is 0 Å². The molecular weight excluding hydrogens is 284 g/mol. The van der Waals surface area contributed by atoms with Gasteiger partial charge in [0.05, 0.1) is 17.9 Å². The first-order valence-electron chi connectivity index (χ1n) is 7.45. The van der Waals surface area contributed by atoms with Crippen LogP contribution in [0, 0.1) is 0 Å². The Morgan fingerprint density at radius 2 is 2.14 bits per heavy atom. The second-order valence-corrected chi connectivity index (χ2v) is 4.82. The van der Waals surface area contributed by atoms with Crippen LogP contribution in [0.5, 0.6) is 0 Å². The van der Waals surface area contributed by atoms with Crippen LogP contribution in [0.25, 0.3) is 0 Å². The molecule has 1 fully saturated rings. The highest BCUT2D eigenvalue weighted by Crippen LogP contribution is 2.22. The molecule has 2 rings (SSSR count). The fourth-order valence-electron chi connectivity index (χ4n) is 2.07. The molecule has 1 aliphatic heterocycles. The number of esters is 1. The van der Waals surface area contributed by atoms with E-state index in [-0.39, 0.29) is 18.5 Å². The molecule has 0 unspecified atom stereocenters. The van der Waals surface area contributed by atoms with Crippen molar-refractivity contribution in [1.29, 1.82) is 0 Å². The van der Waals surface area contributed by atoms with Crippen LogP contribution in [0.15, 0.2) is 29.3 Å². The molecule has 1 amide bonds. The summed E-state index contributed by atoms with van der Waals surface area (Å²) in [5.41, 5.74) is 0.794. The maximum atomic E-state index is 11.9. The first-order valence-corrected chi connectivity index (χ1v) is 7.45. The molecule has 118 valence electrons. The molecule has 1 heterocycles. The van der Waals surface area contributed by atoms with Gasteiger partial charge in [-0.25, -0.2) is 4.79 Å². The Balaban J connectivity index is 2.28. The molecule has 0 aromatic heterocycles. The maximum absolute atomic E-state index is 11.9. The van der Waals surface area contributed by atoms with Gasteiger partial charge < -0.3 is 9.47 Å². The smallest absolute Gasteiger partial charge is 0.340 e. The molecule has 0 aliphatic carbocycles. The second-order valence-electron chi connectivity index (χ2n) is 4.82. The quantitative estimate of drug-likeness (QED) is 0.757. The summed E-state index contributed by atoms with van der Waals surface area (Å²) in [4.78, 5) is 29.6. The first-order chi connectivity index (χ1) is 10.7. The summed E-state index contributed by atoms with van der Waals surface area (Å²) < 4.78 is 10.4. The van der Waals surface area contributed by atoms with Crippen molar-refractivity contribution < 1.29 is 19.1 Å². The standard InChI is InChI=1S/C16H20N2O4/c1-3-5-10-18-14(19)11-22-16(18)17-13-9-7-6-8-12(13)15(20)21-4-2/h6-9H,3-5,10-11H2,1-2H3/b17-16-. The summed E-state index contributed by atoms with van der Waals surface area (Å²) >= 11 is 0.